The minimum atomic E-state index is -4.47. The van der Waals surface area contributed by atoms with Crippen molar-refractivity contribution in [1.82, 2.24) is 15.0 Å². The number of rotatable bonds is 3. The van der Waals surface area contributed by atoms with Crippen LogP contribution in [0.2, 0.25) is 0 Å². The first-order valence-corrected chi connectivity index (χ1v) is 7.22. The fraction of sp³-hybridized carbons (Fsp3) is 0.235. The Morgan fingerprint density at radius 2 is 2.04 bits per heavy atom. The van der Waals surface area contributed by atoms with Crippen molar-refractivity contribution < 1.29 is 13.2 Å². The lowest BCUT2D eigenvalue weighted by molar-refractivity contribution is -0.141. The zero-order valence-electron chi connectivity index (χ0n) is 12.7. The van der Waals surface area contributed by atoms with Crippen molar-refractivity contribution in [3.63, 3.8) is 0 Å². The highest BCUT2D eigenvalue weighted by molar-refractivity contribution is 5.80. The van der Waals surface area contributed by atoms with Gasteiger partial charge in [0.2, 0.25) is 0 Å². The third kappa shape index (κ3) is 2.95. The van der Waals surface area contributed by atoms with Gasteiger partial charge in [-0.15, -0.1) is 0 Å². The molecule has 0 fully saturated rings. The molecule has 0 aliphatic rings. The molecule has 0 saturated heterocycles. The van der Waals surface area contributed by atoms with Gasteiger partial charge in [-0.25, -0.2) is 4.98 Å². The number of benzene rings is 1. The van der Waals surface area contributed by atoms with Gasteiger partial charge in [0.15, 0.2) is 0 Å². The van der Waals surface area contributed by atoms with Crippen LogP contribution < -0.4 is 0 Å². The number of hydrogen-bond acceptors (Lipinski definition) is 3. The maximum absolute atomic E-state index is 13.6. The Hall–Kier alpha value is -2.88. The Balaban J connectivity index is 2.14. The van der Waals surface area contributed by atoms with Crippen LogP contribution in [0.25, 0.3) is 10.9 Å². The van der Waals surface area contributed by atoms with Crippen molar-refractivity contribution in [1.29, 1.82) is 5.26 Å². The molecule has 1 N–H and O–H groups in total. The zero-order chi connectivity index (χ0) is 17.3. The summed E-state index contributed by atoms with van der Waals surface area (Å²) in [5.74, 6) is -1.81. The van der Waals surface area contributed by atoms with Crippen LogP contribution in [-0.4, -0.2) is 21.1 Å². The molecule has 0 bridgehead atoms. The van der Waals surface area contributed by atoms with Crippen molar-refractivity contribution >= 4 is 10.9 Å². The van der Waals surface area contributed by atoms with E-state index >= 15 is 0 Å². The summed E-state index contributed by atoms with van der Waals surface area (Å²) in [6.45, 7) is 1.56. The Labute approximate surface area is 136 Å². The third-order valence-corrected chi connectivity index (χ3v) is 3.85. The summed E-state index contributed by atoms with van der Waals surface area (Å²) in [7, 11) is 0. The van der Waals surface area contributed by atoms with Crippen molar-refractivity contribution in [3.8, 4) is 6.07 Å². The van der Waals surface area contributed by atoms with Gasteiger partial charge < -0.3 is 4.98 Å². The summed E-state index contributed by atoms with van der Waals surface area (Å²) in [5, 5.41) is 9.33. The van der Waals surface area contributed by atoms with Crippen molar-refractivity contribution in [2.24, 2.45) is 0 Å². The number of halogens is 3. The Kier molecular flexibility index (Phi) is 3.97. The van der Waals surface area contributed by atoms with Gasteiger partial charge in [0.25, 0.3) is 0 Å². The van der Waals surface area contributed by atoms with E-state index in [9.17, 15) is 13.2 Å². The van der Waals surface area contributed by atoms with Crippen LogP contribution >= 0.6 is 0 Å². The van der Waals surface area contributed by atoms with E-state index in [2.05, 4.69) is 15.0 Å². The topological polar surface area (TPSA) is 65.4 Å². The van der Waals surface area contributed by atoms with Crippen LogP contribution in [0.4, 0.5) is 13.2 Å². The highest BCUT2D eigenvalue weighted by Gasteiger charge is 2.44. The third-order valence-electron chi connectivity index (χ3n) is 3.85. The summed E-state index contributed by atoms with van der Waals surface area (Å²) in [4.78, 5) is 10.7. The fourth-order valence-electron chi connectivity index (χ4n) is 2.73. The first-order chi connectivity index (χ1) is 11.4. The Morgan fingerprint density at radius 1 is 1.25 bits per heavy atom. The molecule has 0 aliphatic carbocycles. The number of pyridine rings is 1. The Morgan fingerprint density at radius 3 is 2.67 bits per heavy atom. The zero-order valence-corrected chi connectivity index (χ0v) is 12.7. The van der Waals surface area contributed by atoms with Crippen molar-refractivity contribution in [2.45, 2.75) is 25.4 Å². The van der Waals surface area contributed by atoms with Gasteiger partial charge >= 0.3 is 6.18 Å². The SMILES string of the molecule is Cc1[nH]cnc1[C@@H](c1ccc2ncc(CC#N)cc2c1)C(F)(F)F. The van der Waals surface area contributed by atoms with Gasteiger partial charge in [-0.1, -0.05) is 6.07 Å². The summed E-state index contributed by atoms with van der Waals surface area (Å²) < 4.78 is 40.9. The average molecular weight is 330 g/mol. The molecule has 0 saturated carbocycles. The van der Waals surface area contributed by atoms with Gasteiger partial charge in [-0.05, 0) is 36.2 Å². The quantitative estimate of drug-likeness (QED) is 0.788. The summed E-state index contributed by atoms with van der Waals surface area (Å²) in [6.07, 6.45) is -1.49. The monoisotopic (exact) mass is 330 g/mol. The van der Waals surface area contributed by atoms with E-state index in [1.807, 2.05) is 6.07 Å². The minimum Gasteiger partial charge on any atom is -0.348 e. The second-order valence-corrected chi connectivity index (χ2v) is 5.52. The minimum absolute atomic E-state index is 0.0389. The number of nitrogens with one attached hydrogen (secondary N) is 1. The number of alkyl halides is 3. The molecular formula is C17H13F3N4. The maximum atomic E-state index is 13.6. The molecule has 122 valence electrons. The van der Waals surface area contributed by atoms with Gasteiger partial charge in [0.1, 0.15) is 5.92 Å². The van der Waals surface area contributed by atoms with E-state index in [1.54, 1.807) is 25.3 Å². The van der Waals surface area contributed by atoms with Crippen LogP contribution in [0.1, 0.15) is 28.4 Å². The number of aromatic amines is 1. The van der Waals surface area contributed by atoms with E-state index < -0.39 is 12.1 Å². The molecule has 3 aromatic rings. The van der Waals surface area contributed by atoms with E-state index in [0.717, 1.165) is 0 Å². The molecule has 0 spiro atoms. The number of H-pyrrole nitrogens is 1. The molecule has 0 amide bonds. The lowest BCUT2D eigenvalue weighted by Gasteiger charge is -2.20. The van der Waals surface area contributed by atoms with E-state index in [-0.39, 0.29) is 17.7 Å². The largest absolute Gasteiger partial charge is 0.401 e. The second kappa shape index (κ2) is 5.96. The van der Waals surface area contributed by atoms with E-state index in [1.165, 1.54) is 18.5 Å². The molecule has 2 heterocycles. The van der Waals surface area contributed by atoms with Crippen LogP contribution in [0, 0.1) is 18.3 Å². The predicted octanol–water partition coefficient (Wildman–Crippen LogP) is 4.03. The first-order valence-electron chi connectivity index (χ1n) is 7.22. The number of fused-ring (bicyclic) bond motifs is 1. The predicted molar refractivity (Wildman–Crippen MR) is 82.3 cm³/mol. The maximum Gasteiger partial charge on any atom is 0.401 e. The number of nitriles is 1. The van der Waals surface area contributed by atoms with Crippen LogP contribution in [0.15, 0.2) is 36.8 Å². The highest BCUT2D eigenvalue weighted by Crippen LogP contribution is 2.40. The number of nitrogens with zero attached hydrogens (tertiary/aromatic N) is 3. The van der Waals surface area contributed by atoms with Crippen LogP contribution in [0.3, 0.4) is 0 Å². The van der Waals surface area contributed by atoms with Crippen molar-refractivity contribution in [3.05, 3.63) is 59.3 Å². The molecule has 0 radical (unpaired) electrons. The smallest absolute Gasteiger partial charge is 0.348 e. The molecule has 0 unspecified atom stereocenters. The molecule has 0 aliphatic heterocycles. The average Bonchev–Trinajstić information content (AvgIpc) is 2.92. The van der Waals surface area contributed by atoms with Gasteiger partial charge in [-0.2, -0.15) is 18.4 Å². The molecular weight excluding hydrogens is 317 g/mol. The van der Waals surface area contributed by atoms with Gasteiger partial charge in [0.05, 0.1) is 30.0 Å². The lowest BCUT2D eigenvalue weighted by Crippen LogP contribution is -2.23. The lowest BCUT2D eigenvalue weighted by atomic mass is 9.92. The van der Waals surface area contributed by atoms with Crippen LogP contribution in [-0.2, 0) is 6.42 Å². The second-order valence-electron chi connectivity index (χ2n) is 5.52. The van der Waals surface area contributed by atoms with E-state index in [0.29, 0.717) is 22.2 Å². The normalized spacial score (nSPS) is 13.0. The van der Waals surface area contributed by atoms with Crippen LogP contribution in [0.5, 0.6) is 0 Å². The fourth-order valence-corrected chi connectivity index (χ4v) is 2.73. The summed E-state index contributed by atoms with van der Waals surface area (Å²) in [5.41, 5.74) is 1.69. The standard InChI is InChI=1S/C17H13F3N4/c1-10-16(24-9-23-10)15(17(18,19)20)12-2-3-14-13(7-12)6-11(4-5-21)8-22-14/h2-3,6-9,15H,4H2,1H3,(H,23,24)/t15-/m1/s1. The van der Waals surface area contributed by atoms with Crippen molar-refractivity contribution in [2.75, 3.05) is 0 Å². The van der Waals surface area contributed by atoms with Gasteiger partial charge in [0, 0.05) is 17.3 Å². The first kappa shape index (κ1) is 16.0. The number of imidazole rings is 1. The molecule has 1 atom stereocenters. The summed E-state index contributed by atoms with van der Waals surface area (Å²) in [6, 6.07) is 8.15. The molecule has 1 aromatic carbocycles. The summed E-state index contributed by atoms with van der Waals surface area (Å²) >= 11 is 0. The number of aromatic nitrogens is 3. The molecule has 24 heavy (non-hydrogen) atoms. The van der Waals surface area contributed by atoms with Gasteiger partial charge in [-0.3, -0.25) is 4.98 Å². The van der Waals surface area contributed by atoms with E-state index in [4.69, 9.17) is 5.26 Å². The number of aryl methyl sites for hydroxylation is 1. The number of hydrogen-bond donors (Lipinski definition) is 1. The molecule has 2 aromatic heterocycles. The molecule has 7 heteroatoms. The molecule has 4 nitrogen and oxygen atoms in total. The molecule has 3 rings (SSSR count). The Bertz CT molecular complexity index is 921. The highest BCUT2D eigenvalue weighted by atomic mass is 19.4.